The Balaban J connectivity index is 2.04. The number of carbonyl (C=O) groups is 2. The average molecular weight is 296 g/mol. The zero-order chi connectivity index (χ0) is 14.6. The standard InChI is InChI=1S/C13H10ClNO5/c1-15-10-8(14)2-5(3-9(10)20-13(15)19)11(16)6-4-7(6)12(17)18/h2-3,6-7H,4H2,1H3,(H,17,18)/t6?,7-/m0/s1. The Morgan fingerprint density at radius 1 is 1.40 bits per heavy atom. The minimum atomic E-state index is -0.971. The molecule has 1 unspecified atom stereocenters. The van der Waals surface area contributed by atoms with Crippen molar-refractivity contribution in [1.29, 1.82) is 0 Å². The molecule has 1 aromatic heterocycles. The van der Waals surface area contributed by atoms with Crippen LogP contribution in [0.4, 0.5) is 0 Å². The van der Waals surface area contributed by atoms with E-state index in [4.69, 9.17) is 21.1 Å². The summed E-state index contributed by atoms with van der Waals surface area (Å²) in [7, 11) is 1.52. The normalized spacial score (nSPS) is 21.1. The highest BCUT2D eigenvalue weighted by Crippen LogP contribution is 2.41. The molecule has 2 atom stereocenters. The van der Waals surface area contributed by atoms with E-state index < -0.39 is 23.6 Å². The van der Waals surface area contributed by atoms with Gasteiger partial charge in [-0.2, -0.15) is 0 Å². The van der Waals surface area contributed by atoms with Gasteiger partial charge < -0.3 is 9.52 Å². The van der Waals surface area contributed by atoms with Crippen LogP contribution in [0.1, 0.15) is 16.8 Å². The predicted octanol–water partition coefficient (Wildman–Crippen LogP) is 1.69. The molecule has 2 aromatic rings. The van der Waals surface area contributed by atoms with Crippen LogP contribution < -0.4 is 5.76 Å². The lowest BCUT2D eigenvalue weighted by atomic mass is 10.1. The molecule has 0 saturated heterocycles. The number of halogens is 1. The summed E-state index contributed by atoms with van der Waals surface area (Å²) in [5, 5.41) is 9.07. The number of carboxylic acid groups (broad SMARTS) is 1. The molecule has 0 amide bonds. The molecule has 1 heterocycles. The van der Waals surface area contributed by atoms with Crippen LogP contribution in [-0.4, -0.2) is 21.4 Å². The maximum absolute atomic E-state index is 12.2. The van der Waals surface area contributed by atoms with Crippen LogP contribution in [0.5, 0.6) is 0 Å². The van der Waals surface area contributed by atoms with Crippen LogP contribution in [0.15, 0.2) is 21.3 Å². The lowest BCUT2D eigenvalue weighted by Crippen LogP contribution is -2.09. The number of benzene rings is 1. The molecule has 1 aliphatic carbocycles. The van der Waals surface area contributed by atoms with Crippen LogP contribution in [-0.2, 0) is 11.8 Å². The Labute approximate surface area is 117 Å². The molecule has 1 aromatic carbocycles. The third-order valence-electron chi connectivity index (χ3n) is 3.56. The molecule has 7 heteroatoms. The number of carboxylic acids is 1. The topological polar surface area (TPSA) is 89.5 Å². The molecule has 1 N–H and O–H groups in total. The van der Waals surface area contributed by atoms with Gasteiger partial charge in [0.1, 0.15) is 5.52 Å². The first-order chi connectivity index (χ1) is 9.40. The zero-order valence-corrected chi connectivity index (χ0v) is 11.2. The van der Waals surface area contributed by atoms with E-state index in [0.717, 1.165) is 0 Å². The first-order valence-electron chi connectivity index (χ1n) is 5.96. The molecule has 3 rings (SSSR count). The van der Waals surface area contributed by atoms with Gasteiger partial charge >= 0.3 is 11.7 Å². The van der Waals surface area contributed by atoms with Gasteiger partial charge in [-0.3, -0.25) is 14.2 Å². The Morgan fingerprint density at radius 3 is 2.70 bits per heavy atom. The largest absolute Gasteiger partial charge is 0.481 e. The number of fused-ring (bicyclic) bond motifs is 1. The second kappa shape index (κ2) is 4.21. The fraction of sp³-hybridized carbons (Fsp3) is 0.308. The number of aryl methyl sites for hydroxylation is 1. The summed E-state index contributed by atoms with van der Waals surface area (Å²) in [5.74, 6) is -2.97. The van der Waals surface area contributed by atoms with Crippen LogP contribution >= 0.6 is 11.6 Å². The van der Waals surface area contributed by atoms with Gasteiger partial charge in [0.05, 0.1) is 10.9 Å². The Bertz CT molecular complexity index is 803. The highest BCUT2D eigenvalue weighted by Gasteiger charge is 2.48. The smallest absolute Gasteiger partial charge is 0.419 e. The predicted molar refractivity (Wildman–Crippen MR) is 70.0 cm³/mol. The number of hydrogen-bond acceptors (Lipinski definition) is 4. The number of carbonyl (C=O) groups excluding carboxylic acids is 1. The van der Waals surface area contributed by atoms with E-state index in [1.807, 2.05) is 0 Å². The van der Waals surface area contributed by atoms with Crippen molar-refractivity contribution < 1.29 is 19.1 Å². The van der Waals surface area contributed by atoms with E-state index in [0.29, 0.717) is 11.9 Å². The van der Waals surface area contributed by atoms with Gasteiger partial charge in [0.25, 0.3) is 0 Å². The van der Waals surface area contributed by atoms with Crippen LogP contribution in [0.25, 0.3) is 11.1 Å². The van der Waals surface area contributed by atoms with Gasteiger partial charge in [0.15, 0.2) is 11.4 Å². The molecule has 1 aliphatic rings. The lowest BCUT2D eigenvalue weighted by Gasteiger charge is -2.02. The van der Waals surface area contributed by atoms with Crippen molar-refractivity contribution in [2.24, 2.45) is 18.9 Å². The molecular weight excluding hydrogens is 286 g/mol. The van der Waals surface area contributed by atoms with E-state index in [1.54, 1.807) is 0 Å². The summed E-state index contributed by atoms with van der Waals surface area (Å²) in [6.07, 6.45) is 0.336. The number of aliphatic carboxylic acids is 1. The quantitative estimate of drug-likeness (QED) is 0.870. The Morgan fingerprint density at radius 2 is 2.10 bits per heavy atom. The van der Waals surface area contributed by atoms with Crippen molar-refractivity contribution in [2.75, 3.05) is 0 Å². The van der Waals surface area contributed by atoms with Crippen molar-refractivity contribution in [3.05, 3.63) is 33.3 Å². The van der Waals surface area contributed by atoms with E-state index >= 15 is 0 Å². The first kappa shape index (κ1) is 12.9. The minimum absolute atomic E-state index is 0.223. The zero-order valence-electron chi connectivity index (χ0n) is 10.4. The third-order valence-corrected chi connectivity index (χ3v) is 3.85. The van der Waals surface area contributed by atoms with Crippen molar-refractivity contribution in [2.45, 2.75) is 6.42 Å². The molecule has 104 valence electrons. The number of aromatic nitrogens is 1. The molecule has 0 spiro atoms. The number of hydrogen-bond donors (Lipinski definition) is 1. The van der Waals surface area contributed by atoms with Crippen molar-refractivity contribution in [1.82, 2.24) is 4.57 Å². The SMILES string of the molecule is Cn1c(=O)oc2cc(C(=O)C3C[C@@H]3C(=O)O)cc(Cl)c21. The molecule has 0 aliphatic heterocycles. The molecule has 1 saturated carbocycles. The average Bonchev–Trinajstić information content (AvgIpc) is 3.11. The highest BCUT2D eigenvalue weighted by molar-refractivity contribution is 6.35. The maximum atomic E-state index is 12.2. The Hall–Kier alpha value is -2.08. The van der Waals surface area contributed by atoms with Crippen molar-refractivity contribution >= 4 is 34.5 Å². The van der Waals surface area contributed by atoms with Crippen LogP contribution in [0.3, 0.4) is 0 Å². The second-order valence-corrected chi connectivity index (χ2v) is 5.29. The highest BCUT2D eigenvalue weighted by atomic mass is 35.5. The number of rotatable bonds is 3. The second-order valence-electron chi connectivity index (χ2n) is 4.88. The number of oxazole rings is 1. The molecule has 1 fully saturated rings. The lowest BCUT2D eigenvalue weighted by molar-refractivity contribution is -0.138. The van der Waals surface area contributed by atoms with Gasteiger partial charge in [-0.15, -0.1) is 0 Å². The van der Waals surface area contributed by atoms with Crippen LogP contribution in [0, 0.1) is 11.8 Å². The molecule has 0 radical (unpaired) electrons. The summed E-state index contributed by atoms with van der Waals surface area (Å²) in [5.41, 5.74) is 0.908. The number of ketones is 1. The van der Waals surface area contributed by atoms with Gasteiger partial charge in [-0.1, -0.05) is 11.6 Å². The summed E-state index contributed by atoms with van der Waals surface area (Å²) in [4.78, 5) is 34.4. The van der Waals surface area contributed by atoms with Gasteiger partial charge in [0, 0.05) is 18.5 Å². The molecular formula is C13H10ClNO5. The Kier molecular flexibility index (Phi) is 2.72. The summed E-state index contributed by atoms with van der Waals surface area (Å²) < 4.78 is 6.25. The number of nitrogens with zero attached hydrogens (tertiary/aromatic N) is 1. The van der Waals surface area contributed by atoms with Crippen LogP contribution in [0.2, 0.25) is 5.02 Å². The minimum Gasteiger partial charge on any atom is -0.481 e. The third kappa shape index (κ3) is 1.84. The molecule has 20 heavy (non-hydrogen) atoms. The fourth-order valence-corrected chi connectivity index (χ4v) is 2.68. The molecule has 0 bridgehead atoms. The molecule has 6 nitrogen and oxygen atoms in total. The van der Waals surface area contributed by atoms with Crippen molar-refractivity contribution in [3.8, 4) is 0 Å². The van der Waals surface area contributed by atoms with Crippen molar-refractivity contribution in [3.63, 3.8) is 0 Å². The van der Waals surface area contributed by atoms with Gasteiger partial charge in [-0.05, 0) is 18.6 Å². The van der Waals surface area contributed by atoms with E-state index in [-0.39, 0.29) is 22.0 Å². The van der Waals surface area contributed by atoms with Gasteiger partial charge in [-0.25, -0.2) is 4.79 Å². The summed E-state index contributed by atoms with van der Waals surface area (Å²) in [6.45, 7) is 0. The van der Waals surface area contributed by atoms with E-state index in [2.05, 4.69) is 0 Å². The van der Waals surface area contributed by atoms with Gasteiger partial charge in [0.2, 0.25) is 0 Å². The van der Waals surface area contributed by atoms with E-state index in [9.17, 15) is 14.4 Å². The first-order valence-corrected chi connectivity index (χ1v) is 6.34. The monoisotopic (exact) mass is 295 g/mol. The summed E-state index contributed by atoms with van der Waals surface area (Å²) >= 11 is 6.06. The fourth-order valence-electron chi connectivity index (χ4n) is 2.34. The summed E-state index contributed by atoms with van der Waals surface area (Å²) in [6, 6.07) is 2.88. The maximum Gasteiger partial charge on any atom is 0.419 e. The van der Waals surface area contributed by atoms with E-state index in [1.165, 1.54) is 23.7 Å². The number of Topliss-reactive ketones (excluding diaryl/α,β-unsaturated/α-hetero) is 1.